The Balaban J connectivity index is 3.01. The number of hydrogen-bond acceptors (Lipinski definition) is 1. The Morgan fingerprint density at radius 3 is 2.17 bits per heavy atom. The fourth-order valence-electron chi connectivity index (χ4n) is 1.16. The summed E-state index contributed by atoms with van der Waals surface area (Å²) in [6.45, 7) is 4.12. The summed E-state index contributed by atoms with van der Waals surface area (Å²) < 4.78 is 4.66. The van der Waals surface area contributed by atoms with Crippen LogP contribution in [0.4, 0.5) is 0 Å². The Morgan fingerprint density at radius 2 is 1.67 bits per heavy atom. The molecule has 0 bridgehead atoms. The van der Waals surface area contributed by atoms with E-state index in [9.17, 15) is 0 Å². The van der Waals surface area contributed by atoms with E-state index in [1.807, 2.05) is 12.1 Å². The van der Waals surface area contributed by atoms with Crippen LogP contribution in [0.1, 0.15) is 16.7 Å². The molecule has 0 aliphatic heterocycles. The van der Waals surface area contributed by atoms with Gasteiger partial charge in [-0.15, -0.1) is 0 Å². The molecule has 0 N–H and O–H groups in total. The van der Waals surface area contributed by atoms with Gasteiger partial charge in [0.05, 0.1) is 7.11 Å². The topological polar surface area (TPSA) is 9.23 Å². The van der Waals surface area contributed by atoms with Gasteiger partial charge in [-0.1, -0.05) is 6.07 Å². The number of benzene rings is 1. The number of aryl methyl sites for hydroxylation is 2. The van der Waals surface area contributed by atoms with E-state index in [4.69, 9.17) is 0 Å². The van der Waals surface area contributed by atoms with E-state index in [1.165, 1.54) is 11.1 Å². The van der Waals surface area contributed by atoms with Crippen LogP contribution in [0.25, 0.3) is 0 Å². The lowest BCUT2D eigenvalue weighted by Gasteiger charge is -1.96. The largest absolute Gasteiger partial charge is 0.450 e. The highest BCUT2D eigenvalue weighted by atomic mass is 16.5. The third-order valence-electron chi connectivity index (χ3n) is 1.52. The molecule has 0 atom stereocenters. The van der Waals surface area contributed by atoms with E-state index >= 15 is 0 Å². The molecule has 1 aromatic carbocycles. The molecule has 0 aromatic heterocycles. The molecule has 0 aliphatic rings. The predicted octanol–water partition coefficient (Wildman–Crippen LogP) is 2.26. The van der Waals surface area contributed by atoms with Crippen LogP contribution in [-0.2, 0) is 4.74 Å². The average Bonchev–Trinajstić information content (AvgIpc) is 1.99. The molecule has 0 saturated carbocycles. The van der Waals surface area contributed by atoms with Crippen LogP contribution in [0.15, 0.2) is 18.2 Å². The number of rotatable bonds is 0. The zero-order chi connectivity index (χ0) is 8.97. The Bertz CT molecular complexity index is 308. The summed E-state index contributed by atoms with van der Waals surface area (Å²) >= 11 is 0. The highest BCUT2D eigenvalue weighted by molar-refractivity contribution is 5.39. The van der Waals surface area contributed by atoms with Gasteiger partial charge in [-0.25, -0.2) is 0 Å². The van der Waals surface area contributed by atoms with Gasteiger partial charge in [-0.3, -0.25) is 0 Å². The minimum absolute atomic E-state index is 1.01. The first-order chi connectivity index (χ1) is 5.72. The molecule has 12 heavy (non-hydrogen) atoms. The number of ether oxygens (including phenoxy) is 1. The van der Waals surface area contributed by atoms with Gasteiger partial charge in [0.2, 0.25) is 0 Å². The van der Waals surface area contributed by atoms with Crippen molar-refractivity contribution in [2.45, 2.75) is 13.8 Å². The quantitative estimate of drug-likeness (QED) is 0.529. The van der Waals surface area contributed by atoms with Crippen LogP contribution in [-0.4, -0.2) is 7.11 Å². The summed E-state index contributed by atoms with van der Waals surface area (Å²) in [5, 5.41) is 0. The summed E-state index contributed by atoms with van der Waals surface area (Å²) in [5.41, 5.74) is 3.47. The minimum Gasteiger partial charge on any atom is -0.450 e. The molecule has 0 radical (unpaired) electrons. The van der Waals surface area contributed by atoms with Crippen molar-refractivity contribution in [1.82, 2.24) is 0 Å². The lowest BCUT2D eigenvalue weighted by molar-refractivity contribution is 0.372. The van der Waals surface area contributed by atoms with Crippen LogP contribution >= 0.6 is 0 Å². The van der Waals surface area contributed by atoms with Crippen molar-refractivity contribution < 1.29 is 4.74 Å². The van der Waals surface area contributed by atoms with Gasteiger partial charge < -0.3 is 4.74 Å². The highest BCUT2D eigenvalue weighted by Gasteiger charge is 1.91. The van der Waals surface area contributed by atoms with Crippen molar-refractivity contribution in [3.05, 3.63) is 34.9 Å². The maximum atomic E-state index is 4.66. The van der Waals surface area contributed by atoms with E-state index in [0.717, 1.165) is 5.56 Å². The van der Waals surface area contributed by atoms with E-state index in [2.05, 4.69) is 36.7 Å². The second kappa shape index (κ2) is 3.82. The van der Waals surface area contributed by atoms with E-state index in [-0.39, 0.29) is 0 Å². The van der Waals surface area contributed by atoms with Crippen LogP contribution in [0, 0.1) is 25.9 Å². The van der Waals surface area contributed by atoms with Gasteiger partial charge >= 0.3 is 0 Å². The van der Waals surface area contributed by atoms with Crippen molar-refractivity contribution in [2.75, 3.05) is 7.11 Å². The molecule has 0 aliphatic carbocycles. The third-order valence-corrected chi connectivity index (χ3v) is 1.52. The van der Waals surface area contributed by atoms with Gasteiger partial charge in [0.25, 0.3) is 0 Å². The first-order valence-corrected chi connectivity index (χ1v) is 3.84. The summed E-state index contributed by atoms with van der Waals surface area (Å²) in [6, 6.07) is 6.20. The molecule has 0 fully saturated rings. The molecule has 0 unspecified atom stereocenters. The fourth-order valence-corrected chi connectivity index (χ4v) is 1.16. The molecule has 1 rings (SSSR count). The smallest absolute Gasteiger partial charge is 0.115 e. The molecule has 1 nitrogen and oxygen atoms in total. The number of methoxy groups -OCH3 is 1. The molecule has 0 saturated heterocycles. The standard InChI is InChI=1S/C11H12O/c1-9-6-10(2)8-11(7-9)4-5-12-3/h6-8H,1-3H3. The first kappa shape index (κ1) is 8.67. The minimum atomic E-state index is 1.01. The number of hydrogen-bond donors (Lipinski definition) is 0. The summed E-state index contributed by atoms with van der Waals surface area (Å²) in [7, 11) is 1.57. The lowest BCUT2D eigenvalue weighted by atomic mass is 10.1. The average molecular weight is 160 g/mol. The van der Waals surface area contributed by atoms with Gasteiger partial charge in [0.15, 0.2) is 0 Å². The van der Waals surface area contributed by atoms with Crippen LogP contribution in [0.2, 0.25) is 0 Å². The van der Waals surface area contributed by atoms with Crippen LogP contribution in [0.3, 0.4) is 0 Å². The van der Waals surface area contributed by atoms with Crippen LogP contribution < -0.4 is 0 Å². The maximum Gasteiger partial charge on any atom is 0.115 e. The third kappa shape index (κ3) is 2.32. The van der Waals surface area contributed by atoms with Crippen LogP contribution in [0.5, 0.6) is 0 Å². The molecule has 62 valence electrons. The molecular weight excluding hydrogens is 148 g/mol. The summed E-state index contributed by atoms with van der Waals surface area (Å²) in [6.07, 6.45) is 2.57. The van der Waals surface area contributed by atoms with E-state index in [0.29, 0.717) is 0 Å². The Labute approximate surface area is 73.4 Å². The fraction of sp³-hybridized carbons (Fsp3) is 0.273. The van der Waals surface area contributed by atoms with E-state index < -0.39 is 0 Å². The zero-order valence-electron chi connectivity index (χ0n) is 7.64. The zero-order valence-corrected chi connectivity index (χ0v) is 7.64. The highest BCUT2D eigenvalue weighted by Crippen LogP contribution is 2.07. The second-order valence-electron chi connectivity index (χ2n) is 2.81. The molecule has 1 aromatic rings. The lowest BCUT2D eigenvalue weighted by Crippen LogP contribution is -1.81. The van der Waals surface area contributed by atoms with Crippen molar-refractivity contribution >= 4 is 0 Å². The second-order valence-corrected chi connectivity index (χ2v) is 2.81. The molecule has 0 spiro atoms. The first-order valence-electron chi connectivity index (χ1n) is 3.84. The van der Waals surface area contributed by atoms with Gasteiger partial charge in [-0.2, -0.15) is 0 Å². The Kier molecular flexibility index (Phi) is 2.76. The van der Waals surface area contributed by atoms with Gasteiger partial charge in [-0.05, 0) is 43.0 Å². The molecule has 0 heterocycles. The van der Waals surface area contributed by atoms with E-state index in [1.54, 1.807) is 7.11 Å². The van der Waals surface area contributed by atoms with Gasteiger partial charge in [0.1, 0.15) is 6.11 Å². The van der Waals surface area contributed by atoms with Crippen molar-refractivity contribution in [2.24, 2.45) is 0 Å². The molecule has 0 amide bonds. The van der Waals surface area contributed by atoms with Crippen molar-refractivity contribution in [3.8, 4) is 12.0 Å². The Morgan fingerprint density at radius 1 is 1.08 bits per heavy atom. The summed E-state index contributed by atoms with van der Waals surface area (Å²) in [5.74, 6) is 2.90. The predicted molar refractivity (Wildman–Crippen MR) is 49.8 cm³/mol. The van der Waals surface area contributed by atoms with Gasteiger partial charge in [0, 0.05) is 5.56 Å². The maximum absolute atomic E-state index is 4.66. The van der Waals surface area contributed by atoms with Crippen molar-refractivity contribution in [3.63, 3.8) is 0 Å². The van der Waals surface area contributed by atoms with Crippen molar-refractivity contribution in [1.29, 1.82) is 0 Å². The molecule has 1 heteroatoms. The SMILES string of the molecule is COC#Cc1cc(C)cc(C)c1. The normalized spacial score (nSPS) is 8.58. The monoisotopic (exact) mass is 160 g/mol. The summed E-state index contributed by atoms with van der Waals surface area (Å²) in [4.78, 5) is 0. The molecular formula is C11H12O. The Hall–Kier alpha value is -1.42.